The third kappa shape index (κ3) is 2.85. The van der Waals surface area contributed by atoms with Crippen molar-refractivity contribution in [1.29, 1.82) is 0 Å². The van der Waals surface area contributed by atoms with Gasteiger partial charge in [0.15, 0.2) is 0 Å². The number of imidazole rings is 1. The van der Waals surface area contributed by atoms with Crippen LogP contribution < -0.4 is 5.32 Å². The van der Waals surface area contributed by atoms with Crippen molar-refractivity contribution < 1.29 is 4.79 Å². The van der Waals surface area contributed by atoms with E-state index in [9.17, 15) is 4.79 Å². The number of hydrogen-bond donors (Lipinski definition) is 2. The molecule has 0 radical (unpaired) electrons. The summed E-state index contributed by atoms with van der Waals surface area (Å²) in [7, 11) is 0. The molecule has 0 aliphatic rings. The van der Waals surface area contributed by atoms with Crippen LogP contribution in [-0.4, -0.2) is 15.9 Å². The van der Waals surface area contributed by atoms with E-state index in [4.69, 9.17) is 0 Å². The minimum absolute atomic E-state index is 0.0844. The van der Waals surface area contributed by atoms with Gasteiger partial charge in [-0.05, 0) is 41.6 Å². The van der Waals surface area contributed by atoms with Crippen molar-refractivity contribution in [1.82, 2.24) is 15.3 Å². The summed E-state index contributed by atoms with van der Waals surface area (Å²) in [5.74, 6) is 0.670. The highest BCUT2D eigenvalue weighted by molar-refractivity contribution is 14.1. The van der Waals surface area contributed by atoms with Gasteiger partial charge in [-0.25, -0.2) is 4.98 Å². The van der Waals surface area contributed by atoms with E-state index in [1.807, 2.05) is 31.2 Å². The maximum atomic E-state index is 12.0. The number of benzene rings is 1. The summed E-state index contributed by atoms with van der Waals surface area (Å²) in [6, 6.07) is 7.36. The van der Waals surface area contributed by atoms with E-state index in [1.54, 1.807) is 12.4 Å². The standard InChI is InChI=1S/C12H12IN3O/c1-8(11-14-6-7-15-11)16-12(17)9-4-2-3-5-10(9)13/h2-8H,1H3,(H,14,15)(H,16,17). The Kier molecular flexibility index (Phi) is 3.78. The van der Waals surface area contributed by atoms with Crippen LogP contribution in [0.3, 0.4) is 0 Å². The normalized spacial score (nSPS) is 12.1. The zero-order chi connectivity index (χ0) is 12.3. The lowest BCUT2D eigenvalue weighted by Gasteiger charge is -2.12. The third-order valence-corrected chi connectivity index (χ3v) is 3.34. The Balaban J connectivity index is 2.10. The first-order valence-electron chi connectivity index (χ1n) is 5.23. The lowest BCUT2D eigenvalue weighted by Crippen LogP contribution is -2.27. The summed E-state index contributed by atoms with van der Waals surface area (Å²) in [6.45, 7) is 1.90. The second-order valence-electron chi connectivity index (χ2n) is 3.65. The van der Waals surface area contributed by atoms with Crippen molar-refractivity contribution in [3.05, 3.63) is 51.6 Å². The molecule has 0 aliphatic carbocycles. The van der Waals surface area contributed by atoms with Crippen LogP contribution in [0.4, 0.5) is 0 Å². The molecule has 0 saturated heterocycles. The average molecular weight is 341 g/mol. The number of carbonyl (C=O) groups excluding carboxylic acids is 1. The topological polar surface area (TPSA) is 57.8 Å². The number of H-pyrrole nitrogens is 1. The van der Waals surface area contributed by atoms with Gasteiger partial charge in [0.05, 0.1) is 11.6 Å². The van der Waals surface area contributed by atoms with E-state index in [2.05, 4.69) is 37.9 Å². The summed E-state index contributed by atoms with van der Waals surface area (Å²) in [6.07, 6.45) is 3.41. The van der Waals surface area contributed by atoms with Gasteiger partial charge in [-0.2, -0.15) is 0 Å². The molecule has 88 valence electrons. The fourth-order valence-corrected chi connectivity index (χ4v) is 2.13. The molecule has 1 aromatic carbocycles. The van der Waals surface area contributed by atoms with Gasteiger partial charge >= 0.3 is 0 Å². The molecular weight excluding hydrogens is 329 g/mol. The number of hydrogen-bond acceptors (Lipinski definition) is 2. The molecule has 1 atom stereocenters. The maximum absolute atomic E-state index is 12.0. The predicted molar refractivity (Wildman–Crippen MR) is 73.6 cm³/mol. The van der Waals surface area contributed by atoms with E-state index in [-0.39, 0.29) is 11.9 Å². The van der Waals surface area contributed by atoms with Crippen LogP contribution in [0.2, 0.25) is 0 Å². The molecular formula is C12H12IN3O. The molecule has 1 heterocycles. The minimum Gasteiger partial charge on any atom is -0.347 e. The summed E-state index contributed by atoms with van der Waals surface area (Å²) in [5, 5.41) is 2.90. The highest BCUT2D eigenvalue weighted by Gasteiger charge is 2.14. The largest absolute Gasteiger partial charge is 0.347 e. The molecule has 2 aromatic rings. The molecule has 1 unspecified atom stereocenters. The highest BCUT2D eigenvalue weighted by Crippen LogP contribution is 2.13. The molecule has 17 heavy (non-hydrogen) atoms. The smallest absolute Gasteiger partial charge is 0.252 e. The first-order chi connectivity index (χ1) is 8.18. The van der Waals surface area contributed by atoms with Crippen LogP contribution in [-0.2, 0) is 0 Å². The Morgan fingerprint density at radius 2 is 2.24 bits per heavy atom. The van der Waals surface area contributed by atoms with Crippen LogP contribution in [0.25, 0.3) is 0 Å². The van der Waals surface area contributed by atoms with E-state index >= 15 is 0 Å². The number of nitrogens with zero attached hydrogens (tertiary/aromatic N) is 1. The van der Waals surface area contributed by atoms with E-state index in [0.29, 0.717) is 5.56 Å². The van der Waals surface area contributed by atoms with Crippen molar-refractivity contribution in [2.24, 2.45) is 0 Å². The summed E-state index contributed by atoms with van der Waals surface area (Å²) in [4.78, 5) is 19.1. The molecule has 1 aromatic heterocycles. The number of amides is 1. The molecule has 0 spiro atoms. The average Bonchev–Trinajstić information content (AvgIpc) is 2.82. The number of halogens is 1. The van der Waals surface area contributed by atoms with Crippen LogP contribution in [0.15, 0.2) is 36.7 Å². The van der Waals surface area contributed by atoms with Crippen LogP contribution in [0, 0.1) is 3.57 Å². The monoisotopic (exact) mass is 341 g/mol. The van der Waals surface area contributed by atoms with Crippen molar-refractivity contribution in [2.75, 3.05) is 0 Å². The number of aromatic nitrogens is 2. The first kappa shape index (κ1) is 12.1. The molecule has 1 amide bonds. The Hall–Kier alpha value is -1.37. The first-order valence-corrected chi connectivity index (χ1v) is 6.31. The molecule has 0 bridgehead atoms. The van der Waals surface area contributed by atoms with Gasteiger partial charge in [0.25, 0.3) is 5.91 Å². The van der Waals surface area contributed by atoms with Crippen molar-refractivity contribution in [2.45, 2.75) is 13.0 Å². The quantitative estimate of drug-likeness (QED) is 0.843. The minimum atomic E-state index is -0.131. The Morgan fingerprint density at radius 1 is 1.47 bits per heavy atom. The van der Waals surface area contributed by atoms with Gasteiger partial charge in [-0.1, -0.05) is 12.1 Å². The van der Waals surface area contributed by atoms with Gasteiger partial charge in [-0.3, -0.25) is 4.79 Å². The van der Waals surface area contributed by atoms with Crippen LogP contribution >= 0.6 is 22.6 Å². The van der Waals surface area contributed by atoms with E-state index in [1.165, 1.54) is 0 Å². The van der Waals surface area contributed by atoms with Gasteiger partial charge in [0.2, 0.25) is 0 Å². The number of aromatic amines is 1. The second-order valence-corrected chi connectivity index (χ2v) is 4.81. The van der Waals surface area contributed by atoms with Gasteiger partial charge in [0.1, 0.15) is 5.82 Å². The van der Waals surface area contributed by atoms with Gasteiger partial charge in [-0.15, -0.1) is 0 Å². The lowest BCUT2D eigenvalue weighted by molar-refractivity contribution is 0.0937. The maximum Gasteiger partial charge on any atom is 0.252 e. The molecule has 2 N–H and O–H groups in total. The number of rotatable bonds is 3. The SMILES string of the molecule is CC(NC(=O)c1ccccc1I)c1ncc[nH]1. The predicted octanol–water partition coefficient (Wildman–Crippen LogP) is 2.51. The molecule has 5 heteroatoms. The summed E-state index contributed by atoms with van der Waals surface area (Å²) >= 11 is 2.15. The number of nitrogens with one attached hydrogen (secondary N) is 2. The van der Waals surface area contributed by atoms with Crippen LogP contribution in [0.5, 0.6) is 0 Å². The Labute approximate surface area is 113 Å². The Bertz CT molecular complexity index is 510. The zero-order valence-corrected chi connectivity index (χ0v) is 11.4. The second kappa shape index (κ2) is 5.31. The Morgan fingerprint density at radius 3 is 2.88 bits per heavy atom. The third-order valence-electron chi connectivity index (χ3n) is 2.40. The fraction of sp³-hybridized carbons (Fsp3) is 0.167. The summed E-state index contributed by atoms with van der Waals surface area (Å²) in [5.41, 5.74) is 0.687. The lowest BCUT2D eigenvalue weighted by atomic mass is 10.2. The van der Waals surface area contributed by atoms with E-state index in [0.717, 1.165) is 9.39 Å². The van der Waals surface area contributed by atoms with Crippen molar-refractivity contribution >= 4 is 28.5 Å². The molecule has 0 saturated carbocycles. The summed E-state index contributed by atoms with van der Waals surface area (Å²) < 4.78 is 0.939. The number of carbonyl (C=O) groups is 1. The molecule has 0 fully saturated rings. The van der Waals surface area contributed by atoms with Gasteiger partial charge in [0, 0.05) is 16.0 Å². The zero-order valence-electron chi connectivity index (χ0n) is 9.27. The van der Waals surface area contributed by atoms with E-state index < -0.39 is 0 Å². The van der Waals surface area contributed by atoms with Crippen LogP contribution in [0.1, 0.15) is 29.1 Å². The van der Waals surface area contributed by atoms with Crippen molar-refractivity contribution in [3.63, 3.8) is 0 Å². The molecule has 2 rings (SSSR count). The van der Waals surface area contributed by atoms with Crippen molar-refractivity contribution in [3.8, 4) is 0 Å². The van der Waals surface area contributed by atoms with Gasteiger partial charge < -0.3 is 10.3 Å². The fourth-order valence-electron chi connectivity index (χ4n) is 1.50. The molecule has 0 aliphatic heterocycles. The molecule has 4 nitrogen and oxygen atoms in total. The highest BCUT2D eigenvalue weighted by atomic mass is 127.